The first kappa shape index (κ1) is 15.9. The predicted molar refractivity (Wildman–Crippen MR) is 79.7 cm³/mol. The second-order valence-electron chi connectivity index (χ2n) is 5.49. The number of sulfone groups is 1. The van der Waals surface area contributed by atoms with Crippen molar-refractivity contribution in [3.05, 3.63) is 34.4 Å². The Hall–Kier alpha value is -1.47. The predicted octanol–water partition coefficient (Wildman–Crippen LogP) is 2.42. The molecular weight excluding hydrogens is 292 g/mol. The van der Waals surface area contributed by atoms with Crippen LogP contribution in [0, 0.1) is 10.1 Å². The van der Waals surface area contributed by atoms with E-state index in [1.165, 1.54) is 24.3 Å². The molecule has 1 aromatic rings. The maximum absolute atomic E-state index is 12.7. The maximum Gasteiger partial charge on any atom is 0.269 e. The summed E-state index contributed by atoms with van der Waals surface area (Å²) in [5.41, 5.74) is 5.95. The number of nitro groups is 1. The van der Waals surface area contributed by atoms with Gasteiger partial charge in [0.05, 0.1) is 15.1 Å². The number of nitro benzene ring substituents is 1. The van der Waals surface area contributed by atoms with Gasteiger partial charge in [0.2, 0.25) is 0 Å². The summed E-state index contributed by atoms with van der Waals surface area (Å²) in [6, 6.07) is 4.69. The molecule has 116 valence electrons. The molecule has 21 heavy (non-hydrogen) atoms. The van der Waals surface area contributed by atoms with Crippen molar-refractivity contribution in [1.29, 1.82) is 0 Å². The molecular formula is C14H20N2O4S. The minimum Gasteiger partial charge on any atom is -0.327 e. The molecule has 2 atom stereocenters. The lowest BCUT2D eigenvalue weighted by atomic mass is 9.97. The van der Waals surface area contributed by atoms with Gasteiger partial charge < -0.3 is 5.73 Å². The number of hydrogen-bond acceptors (Lipinski definition) is 5. The molecule has 1 aliphatic rings. The molecule has 0 heterocycles. The Morgan fingerprint density at radius 1 is 1.05 bits per heavy atom. The summed E-state index contributed by atoms with van der Waals surface area (Å²) in [6.45, 7) is 0. The molecule has 1 saturated carbocycles. The Morgan fingerprint density at radius 3 is 2.19 bits per heavy atom. The van der Waals surface area contributed by atoms with Gasteiger partial charge in [-0.15, -0.1) is 0 Å². The van der Waals surface area contributed by atoms with Crippen molar-refractivity contribution in [1.82, 2.24) is 0 Å². The monoisotopic (exact) mass is 312 g/mol. The van der Waals surface area contributed by atoms with Gasteiger partial charge in [-0.3, -0.25) is 10.1 Å². The van der Waals surface area contributed by atoms with Crippen LogP contribution in [0.5, 0.6) is 0 Å². The molecule has 0 amide bonds. The third kappa shape index (κ3) is 3.59. The molecule has 0 aromatic heterocycles. The number of benzene rings is 1. The normalized spacial score (nSPS) is 24.0. The van der Waals surface area contributed by atoms with Crippen LogP contribution in [-0.4, -0.2) is 24.6 Å². The summed E-state index contributed by atoms with van der Waals surface area (Å²) in [5, 5.41) is 10.0. The van der Waals surface area contributed by atoms with E-state index in [-0.39, 0.29) is 16.6 Å². The Bertz CT molecular complexity index is 598. The highest BCUT2D eigenvalue weighted by Crippen LogP contribution is 2.27. The maximum atomic E-state index is 12.7. The van der Waals surface area contributed by atoms with E-state index in [4.69, 9.17) is 5.73 Å². The molecule has 0 bridgehead atoms. The van der Waals surface area contributed by atoms with Gasteiger partial charge in [-0.2, -0.15) is 0 Å². The van der Waals surface area contributed by atoms with Crippen LogP contribution in [0.25, 0.3) is 0 Å². The van der Waals surface area contributed by atoms with Gasteiger partial charge in [0.25, 0.3) is 5.69 Å². The summed E-state index contributed by atoms with van der Waals surface area (Å²) in [5.74, 6) is 0. The van der Waals surface area contributed by atoms with Crippen molar-refractivity contribution in [2.45, 2.75) is 54.7 Å². The zero-order valence-electron chi connectivity index (χ0n) is 11.8. The topological polar surface area (TPSA) is 103 Å². The first-order valence-corrected chi connectivity index (χ1v) is 8.71. The number of hydrogen-bond donors (Lipinski definition) is 1. The third-order valence-corrected chi connectivity index (χ3v) is 6.34. The van der Waals surface area contributed by atoms with E-state index in [0.29, 0.717) is 12.8 Å². The number of nitrogens with two attached hydrogens (primary N) is 1. The summed E-state index contributed by atoms with van der Waals surface area (Å²) in [4.78, 5) is 10.2. The number of nitrogens with zero attached hydrogens (tertiary/aromatic N) is 1. The Balaban J connectivity index is 2.28. The second-order valence-corrected chi connectivity index (χ2v) is 7.66. The molecule has 7 heteroatoms. The third-order valence-electron chi connectivity index (χ3n) is 4.03. The lowest BCUT2D eigenvalue weighted by molar-refractivity contribution is -0.384. The summed E-state index contributed by atoms with van der Waals surface area (Å²) in [7, 11) is -3.54. The molecule has 1 aliphatic carbocycles. The average molecular weight is 312 g/mol. The fraction of sp³-hybridized carbons (Fsp3) is 0.571. The highest BCUT2D eigenvalue weighted by Gasteiger charge is 2.33. The zero-order valence-corrected chi connectivity index (χ0v) is 12.6. The van der Waals surface area contributed by atoms with Crippen molar-refractivity contribution < 1.29 is 13.3 Å². The largest absolute Gasteiger partial charge is 0.327 e. The van der Waals surface area contributed by atoms with E-state index in [1.807, 2.05) is 0 Å². The second kappa shape index (κ2) is 6.53. The Kier molecular flexibility index (Phi) is 4.95. The van der Waals surface area contributed by atoms with E-state index >= 15 is 0 Å². The van der Waals surface area contributed by atoms with Crippen LogP contribution >= 0.6 is 0 Å². The molecule has 2 rings (SSSR count). The van der Waals surface area contributed by atoms with Gasteiger partial charge in [-0.25, -0.2) is 8.42 Å². The van der Waals surface area contributed by atoms with Crippen LogP contribution in [0.15, 0.2) is 29.2 Å². The number of rotatable bonds is 3. The lowest BCUT2D eigenvalue weighted by Crippen LogP contribution is -2.41. The molecule has 0 spiro atoms. The van der Waals surface area contributed by atoms with Crippen LogP contribution in [0.1, 0.15) is 38.5 Å². The van der Waals surface area contributed by atoms with Gasteiger partial charge in [-0.05, 0) is 25.0 Å². The van der Waals surface area contributed by atoms with Crippen molar-refractivity contribution >= 4 is 15.5 Å². The quantitative estimate of drug-likeness (QED) is 0.682. The summed E-state index contributed by atoms with van der Waals surface area (Å²) in [6.07, 6.45) is 5.19. The molecule has 2 unspecified atom stereocenters. The van der Waals surface area contributed by atoms with Gasteiger partial charge in [0.15, 0.2) is 9.84 Å². The highest BCUT2D eigenvalue weighted by atomic mass is 32.2. The summed E-state index contributed by atoms with van der Waals surface area (Å²) < 4.78 is 25.4. The average Bonchev–Trinajstić information content (AvgIpc) is 2.43. The van der Waals surface area contributed by atoms with Crippen LogP contribution in [0.4, 0.5) is 5.69 Å². The molecule has 1 fully saturated rings. The van der Waals surface area contributed by atoms with E-state index in [1.54, 1.807) is 0 Å². The minimum atomic E-state index is -3.54. The van der Waals surface area contributed by atoms with E-state index in [2.05, 4.69) is 0 Å². The SMILES string of the molecule is NC1CCCCCCC1S(=O)(=O)c1ccc([N+](=O)[O-])cc1. The van der Waals surface area contributed by atoms with Crippen LogP contribution < -0.4 is 5.73 Å². The first-order valence-electron chi connectivity index (χ1n) is 7.17. The van der Waals surface area contributed by atoms with Gasteiger partial charge in [0.1, 0.15) is 0 Å². The molecule has 0 saturated heterocycles. The van der Waals surface area contributed by atoms with E-state index < -0.39 is 20.0 Å². The molecule has 0 aliphatic heterocycles. The Labute approximate surface area is 124 Å². The highest BCUT2D eigenvalue weighted by molar-refractivity contribution is 7.92. The zero-order chi connectivity index (χ0) is 15.5. The molecule has 1 aromatic carbocycles. The van der Waals surface area contributed by atoms with Crippen molar-refractivity contribution in [2.75, 3.05) is 0 Å². The summed E-state index contributed by atoms with van der Waals surface area (Å²) >= 11 is 0. The first-order chi connectivity index (χ1) is 9.93. The van der Waals surface area contributed by atoms with Crippen molar-refractivity contribution in [2.24, 2.45) is 5.73 Å². The molecule has 0 radical (unpaired) electrons. The fourth-order valence-corrected chi connectivity index (χ4v) is 4.73. The van der Waals surface area contributed by atoms with Crippen molar-refractivity contribution in [3.63, 3.8) is 0 Å². The minimum absolute atomic E-state index is 0.115. The number of non-ortho nitro benzene ring substituents is 1. The smallest absolute Gasteiger partial charge is 0.269 e. The lowest BCUT2D eigenvalue weighted by Gasteiger charge is -2.26. The molecule has 2 N–H and O–H groups in total. The van der Waals surface area contributed by atoms with Crippen LogP contribution in [0.2, 0.25) is 0 Å². The van der Waals surface area contributed by atoms with E-state index in [9.17, 15) is 18.5 Å². The van der Waals surface area contributed by atoms with E-state index in [0.717, 1.165) is 25.7 Å². The molecule has 6 nitrogen and oxygen atoms in total. The van der Waals surface area contributed by atoms with Gasteiger partial charge in [-0.1, -0.05) is 25.7 Å². The fourth-order valence-electron chi connectivity index (χ4n) is 2.80. The van der Waals surface area contributed by atoms with Crippen molar-refractivity contribution in [3.8, 4) is 0 Å². The standard InChI is InChI=1S/C14H20N2O4S/c15-13-5-3-1-2-4-6-14(13)21(19,20)12-9-7-11(8-10-12)16(17)18/h7-10,13-14H,1-6,15H2. The van der Waals surface area contributed by atoms with Crippen LogP contribution in [0.3, 0.4) is 0 Å². The Morgan fingerprint density at radius 2 is 1.62 bits per heavy atom. The van der Waals surface area contributed by atoms with Gasteiger partial charge in [0, 0.05) is 18.2 Å². The van der Waals surface area contributed by atoms with Gasteiger partial charge >= 0.3 is 0 Å². The van der Waals surface area contributed by atoms with Crippen LogP contribution in [-0.2, 0) is 9.84 Å².